The van der Waals surface area contributed by atoms with Gasteiger partial charge in [-0.1, -0.05) is 17.7 Å². The van der Waals surface area contributed by atoms with Crippen LogP contribution in [0.5, 0.6) is 0 Å². The normalized spacial score (nSPS) is 10.7. The van der Waals surface area contributed by atoms with Gasteiger partial charge in [0.25, 0.3) is 5.91 Å². The highest BCUT2D eigenvalue weighted by Crippen LogP contribution is 2.30. The zero-order valence-corrected chi connectivity index (χ0v) is 17.0. The number of hydrogen-bond acceptors (Lipinski definition) is 5. The summed E-state index contributed by atoms with van der Waals surface area (Å²) in [6.45, 7) is 4.41. The summed E-state index contributed by atoms with van der Waals surface area (Å²) in [7, 11) is 3.41. The maximum atomic E-state index is 12.0. The molecule has 0 aliphatic heterocycles. The van der Waals surface area contributed by atoms with Crippen molar-refractivity contribution in [1.82, 2.24) is 19.7 Å². The monoisotopic (exact) mass is 399 g/mol. The number of aryl methyl sites for hydroxylation is 1. The van der Waals surface area contributed by atoms with Crippen LogP contribution >= 0.6 is 22.9 Å². The minimum Gasteiger partial charge on any atom is -0.343 e. The van der Waals surface area contributed by atoms with Crippen LogP contribution < -0.4 is 0 Å². The number of hydrogen-bond donors (Lipinski definition) is 0. The Labute approximate surface area is 166 Å². The maximum absolute atomic E-state index is 12.0. The fraction of sp³-hybridized carbons (Fsp3) is 0.263. The molecule has 1 amide bonds. The van der Waals surface area contributed by atoms with Crippen LogP contribution in [-0.2, 0) is 6.54 Å². The van der Waals surface area contributed by atoms with Crippen molar-refractivity contribution in [3.05, 3.63) is 56.3 Å². The first-order chi connectivity index (χ1) is 12.8. The summed E-state index contributed by atoms with van der Waals surface area (Å²) in [4.78, 5) is 18.0. The van der Waals surface area contributed by atoms with Crippen molar-refractivity contribution in [1.29, 1.82) is 5.26 Å². The molecule has 0 unspecified atom stereocenters. The van der Waals surface area contributed by atoms with E-state index in [2.05, 4.69) is 16.2 Å². The molecule has 27 heavy (non-hydrogen) atoms. The van der Waals surface area contributed by atoms with Crippen molar-refractivity contribution in [3.8, 4) is 17.2 Å². The van der Waals surface area contributed by atoms with Gasteiger partial charge in [0.1, 0.15) is 16.8 Å². The summed E-state index contributed by atoms with van der Waals surface area (Å²) >= 11 is 7.63. The molecule has 0 spiro atoms. The Morgan fingerprint density at radius 3 is 2.74 bits per heavy atom. The lowest BCUT2D eigenvalue weighted by Crippen LogP contribution is -2.22. The molecule has 0 saturated heterocycles. The Morgan fingerprint density at radius 1 is 1.37 bits per heavy atom. The summed E-state index contributed by atoms with van der Waals surface area (Å²) in [5, 5.41) is 16.7. The topological polar surface area (TPSA) is 74.8 Å². The Bertz CT molecular complexity index is 1060. The van der Waals surface area contributed by atoms with Crippen molar-refractivity contribution in [2.75, 3.05) is 14.1 Å². The average Bonchev–Trinajstić information content (AvgIpc) is 3.19. The van der Waals surface area contributed by atoms with Gasteiger partial charge in [0.15, 0.2) is 0 Å². The number of aromatic nitrogens is 3. The molecule has 0 fully saturated rings. The third-order valence-electron chi connectivity index (χ3n) is 4.22. The lowest BCUT2D eigenvalue weighted by molar-refractivity contribution is 0.0822. The van der Waals surface area contributed by atoms with Crippen molar-refractivity contribution >= 4 is 28.8 Å². The minimum atomic E-state index is -0.112. The van der Waals surface area contributed by atoms with E-state index in [9.17, 15) is 4.79 Å². The highest BCUT2D eigenvalue weighted by Gasteiger charge is 2.17. The molecular formula is C19H18ClN5OS. The predicted molar refractivity (Wildman–Crippen MR) is 106 cm³/mol. The summed E-state index contributed by atoms with van der Waals surface area (Å²) in [5.74, 6) is -0.112. The molecule has 0 saturated carbocycles. The van der Waals surface area contributed by atoms with E-state index >= 15 is 0 Å². The smallest absolute Gasteiger partial charge is 0.272 e. The molecule has 0 atom stereocenters. The van der Waals surface area contributed by atoms with Crippen LogP contribution in [0.25, 0.3) is 11.1 Å². The SMILES string of the molecule is Cc1nn(Cc2nc(C(=O)N(C)C)cs2)c(C)c1-c1ccc(C#N)c(Cl)c1. The van der Waals surface area contributed by atoms with Gasteiger partial charge in [0.05, 0.1) is 22.8 Å². The predicted octanol–water partition coefficient (Wildman–Crippen LogP) is 3.90. The fourth-order valence-corrected chi connectivity index (χ4v) is 3.84. The average molecular weight is 400 g/mol. The van der Waals surface area contributed by atoms with Gasteiger partial charge in [0, 0.05) is 30.7 Å². The molecule has 0 aliphatic rings. The Kier molecular flexibility index (Phi) is 5.31. The zero-order chi connectivity index (χ0) is 19.7. The van der Waals surface area contributed by atoms with Crippen LogP contribution in [0.1, 0.15) is 32.4 Å². The molecule has 0 aliphatic carbocycles. The van der Waals surface area contributed by atoms with Crippen LogP contribution in [0.2, 0.25) is 5.02 Å². The zero-order valence-electron chi connectivity index (χ0n) is 15.4. The maximum Gasteiger partial charge on any atom is 0.272 e. The van der Waals surface area contributed by atoms with E-state index in [0.717, 1.165) is 27.5 Å². The second-order valence-corrected chi connectivity index (χ2v) is 7.69. The number of halogens is 1. The quantitative estimate of drug-likeness (QED) is 0.666. The lowest BCUT2D eigenvalue weighted by atomic mass is 10.0. The van der Waals surface area contributed by atoms with Gasteiger partial charge < -0.3 is 4.90 Å². The number of rotatable bonds is 4. The lowest BCUT2D eigenvalue weighted by Gasteiger charge is -2.07. The van der Waals surface area contributed by atoms with Crippen molar-refractivity contribution in [3.63, 3.8) is 0 Å². The van der Waals surface area contributed by atoms with Crippen LogP contribution in [0.4, 0.5) is 0 Å². The molecular weight excluding hydrogens is 382 g/mol. The summed E-state index contributed by atoms with van der Waals surface area (Å²) in [6, 6.07) is 7.45. The van der Waals surface area contributed by atoms with Crippen LogP contribution in [0.15, 0.2) is 23.6 Å². The molecule has 3 aromatic rings. The van der Waals surface area contributed by atoms with Crippen LogP contribution in [-0.4, -0.2) is 39.7 Å². The van der Waals surface area contributed by atoms with Gasteiger partial charge in [0.2, 0.25) is 0 Å². The molecule has 2 aromatic heterocycles. The Balaban J connectivity index is 1.92. The van der Waals surface area contributed by atoms with E-state index in [-0.39, 0.29) is 5.91 Å². The van der Waals surface area contributed by atoms with Gasteiger partial charge >= 0.3 is 0 Å². The summed E-state index contributed by atoms with van der Waals surface area (Å²) in [6.07, 6.45) is 0. The number of benzene rings is 1. The van der Waals surface area contributed by atoms with Gasteiger partial charge in [-0.15, -0.1) is 11.3 Å². The van der Waals surface area contributed by atoms with Gasteiger partial charge in [-0.3, -0.25) is 9.48 Å². The number of thiazole rings is 1. The second-order valence-electron chi connectivity index (χ2n) is 6.34. The molecule has 3 rings (SSSR count). The molecule has 0 bridgehead atoms. The third-order valence-corrected chi connectivity index (χ3v) is 5.37. The van der Waals surface area contributed by atoms with E-state index < -0.39 is 0 Å². The molecule has 6 nitrogen and oxygen atoms in total. The Hall–Kier alpha value is -2.69. The van der Waals surface area contributed by atoms with E-state index in [0.29, 0.717) is 22.8 Å². The van der Waals surface area contributed by atoms with E-state index in [4.69, 9.17) is 16.9 Å². The van der Waals surface area contributed by atoms with E-state index in [1.807, 2.05) is 24.6 Å². The minimum absolute atomic E-state index is 0.112. The molecule has 8 heteroatoms. The molecule has 0 N–H and O–H groups in total. The standard InChI is InChI=1S/C19H18ClN5OS/c1-11-18(13-5-6-14(8-21)15(20)7-13)12(2)25(23-11)9-17-22-16(10-27-17)19(26)24(3)4/h5-7,10H,9H2,1-4H3. The number of nitriles is 1. The number of carbonyl (C=O) groups is 1. The number of amides is 1. The molecule has 138 valence electrons. The van der Waals surface area contributed by atoms with Gasteiger partial charge in [-0.25, -0.2) is 4.98 Å². The van der Waals surface area contributed by atoms with Crippen LogP contribution in [0, 0.1) is 25.2 Å². The van der Waals surface area contributed by atoms with Gasteiger partial charge in [-0.05, 0) is 31.5 Å². The third kappa shape index (κ3) is 3.72. The first-order valence-corrected chi connectivity index (χ1v) is 9.47. The highest BCUT2D eigenvalue weighted by atomic mass is 35.5. The largest absolute Gasteiger partial charge is 0.343 e. The fourth-order valence-electron chi connectivity index (χ4n) is 2.87. The molecule has 0 radical (unpaired) electrons. The van der Waals surface area contributed by atoms with Gasteiger partial charge in [-0.2, -0.15) is 10.4 Å². The first-order valence-electron chi connectivity index (χ1n) is 8.22. The number of nitrogens with zero attached hydrogens (tertiary/aromatic N) is 5. The van der Waals surface area contributed by atoms with Crippen molar-refractivity contribution < 1.29 is 4.79 Å². The van der Waals surface area contributed by atoms with Crippen LogP contribution in [0.3, 0.4) is 0 Å². The van der Waals surface area contributed by atoms with Crippen molar-refractivity contribution in [2.45, 2.75) is 20.4 Å². The van der Waals surface area contributed by atoms with E-state index in [1.165, 1.54) is 16.2 Å². The first kappa shape index (κ1) is 19.1. The molecule has 1 aromatic carbocycles. The highest BCUT2D eigenvalue weighted by molar-refractivity contribution is 7.09. The summed E-state index contributed by atoms with van der Waals surface area (Å²) < 4.78 is 1.87. The van der Waals surface area contributed by atoms with E-state index in [1.54, 1.807) is 31.6 Å². The second kappa shape index (κ2) is 7.51. The number of carbonyl (C=O) groups excluding carboxylic acids is 1. The molecule has 2 heterocycles. The Morgan fingerprint density at radius 2 is 2.11 bits per heavy atom. The summed E-state index contributed by atoms with van der Waals surface area (Å²) in [5.41, 5.74) is 4.65. The van der Waals surface area contributed by atoms with Crippen molar-refractivity contribution in [2.24, 2.45) is 0 Å².